The van der Waals surface area contributed by atoms with Crippen LogP contribution in [0.3, 0.4) is 0 Å². The van der Waals surface area contributed by atoms with Gasteiger partial charge < -0.3 is 9.47 Å². The van der Waals surface area contributed by atoms with Gasteiger partial charge in [-0.2, -0.15) is 5.10 Å². The third-order valence-corrected chi connectivity index (χ3v) is 8.02. The zero-order valence-corrected chi connectivity index (χ0v) is 24.3. The fourth-order valence-corrected chi connectivity index (χ4v) is 5.71. The number of carbonyl (C=O) groups is 1. The number of aromatic nitrogens is 2. The number of carbonyl (C=O) groups excluding carboxylic acids is 1. The molecule has 204 valence electrons. The molecule has 0 radical (unpaired) electrons. The van der Waals surface area contributed by atoms with E-state index in [9.17, 15) is 4.79 Å². The van der Waals surface area contributed by atoms with Crippen LogP contribution in [0.4, 0.5) is 0 Å². The van der Waals surface area contributed by atoms with Crippen molar-refractivity contribution in [1.82, 2.24) is 14.7 Å². The largest absolute Gasteiger partial charge is 0.489 e. The molecule has 1 aliphatic rings. The number of rotatable bonds is 11. The third kappa shape index (κ3) is 6.64. The van der Waals surface area contributed by atoms with Crippen molar-refractivity contribution in [3.63, 3.8) is 0 Å². The molecule has 3 aromatic carbocycles. The Morgan fingerprint density at radius 1 is 1.02 bits per heavy atom. The summed E-state index contributed by atoms with van der Waals surface area (Å²) in [6, 6.07) is 25.3. The minimum Gasteiger partial charge on any atom is -0.489 e. The lowest BCUT2D eigenvalue weighted by Crippen LogP contribution is -2.29. The van der Waals surface area contributed by atoms with Crippen molar-refractivity contribution in [2.24, 2.45) is 0 Å². The van der Waals surface area contributed by atoms with Crippen LogP contribution in [0.25, 0.3) is 23.0 Å². The first-order chi connectivity index (χ1) is 19.5. The predicted octanol–water partition coefficient (Wildman–Crippen LogP) is 7.40. The molecule has 1 amide bonds. The summed E-state index contributed by atoms with van der Waals surface area (Å²) in [5.41, 5.74) is 4.32. The van der Waals surface area contributed by atoms with Crippen molar-refractivity contribution >= 4 is 51.9 Å². The van der Waals surface area contributed by atoms with Gasteiger partial charge in [0.15, 0.2) is 0 Å². The van der Waals surface area contributed by atoms with Gasteiger partial charge in [-0.15, -0.1) is 0 Å². The molecule has 0 atom stereocenters. The number of halogens is 1. The highest BCUT2D eigenvalue weighted by Crippen LogP contribution is 2.35. The van der Waals surface area contributed by atoms with E-state index in [0.717, 1.165) is 40.2 Å². The number of thioether (sulfide) groups is 1. The number of benzene rings is 3. The minimum atomic E-state index is -0.0896. The smallest absolute Gasteiger partial charge is 0.266 e. The molecule has 1 aromatic heterocycles. The first-order valence-corrected chi connectivity index (χ1v) is 14.6. The number of nitrogens with zero attached hydrogens (tertiary/aromatic N) is 3. The van der Waals surface area contributed by atoms with Gasteiger partial charge in [-0.3, -0.25) is 9.69 Å². The minimum absolute atomic E-state index is 0.0896. The topological polar surface area (TPSA) is 56.6 Å². The van der Waals surface area contributed by atoms with E-state index in [1.54, 1.807) is 4.90 Å². The molecule has 0 saturated carbocycles. The molecular formula is C31H28ClN3O3S2. The van der Waals surface area contributed by atoms with Crippen molar-refractivity contribution in [2.75, 3.05) is 19.8 Å². The maximum absolute atomic E-state index is 13.2. The Labute approximate surface area is 248 Å². The molecular weight excluding hydrogens is 562 g/mol. The van der Waals surface area contributed by atoms with Gasteiger partial charge in [0.25, 0.3) is 5.91 Å². The van der Waals surface area contributed by atoms with Gasteiger partial charge in [-0.05, 0) is 61.9 Å². The van der Waals surface area contributed by atoms with Gasteiger partial charge in [-0.25, -0.2) is 4.68 Å². The van der Waals surface area contributed by atoms with E-state index in [-0.39, 0.29) is 5.91 Å². The number of amides is 1. The summed E-state index contributed by atoms with van der Waals surface area (Å²) >= 11 is 13.1. The molecule has 5 rings (SSSR count). The number of hydrogen-bond donors (Lipinski definition) is 0. The number of hydrogen-bond acceptors (Lipinski definition) is 6. The number of para-hydroxylation sites is 1. The summed E-state index contributed by atoms with van der Waals surface area (Å²) in [5, 5.41) is 5.57. The van der Waals surface area contributed by atoms with E-state index in [0.29, 0.717) is 40.6 Å². The molecule has 6 nitrogen and oxygen atoms in total. The van der Waals surface area contributed by atoms with Crippen molar-refractivity contribution in [3.8, 4) is 22.7 Å². The normalized spacial score (nSPS) is 14.3. The maximum atomic E-state index is 13.2. The summed E-state index contributed by atoms with van der Waals surface area (Å²) in [4.78, 5) is 15.5. The van der Waals surface area contributed by atoms with Crippen molar-refractivity contribution < 1.29 is 14.3 Å². The quantitative estimate of drug-likeness (QED) is 0.103. The van der Waals surface area contributed by atoms with E-state index >= 15 is 0 Å². The van der Waals surface area contributed by atoms with Gasteiger partial charge in [0.05, 0.1) is 16.3 Å². The fraction of sp³-hybridized carbons (Fsp3) is 0.194. The van der Waals surface area contributed by atoms with Crippen LogP contribution in [0.2, 0.25) is 5.02 Å². The molecule has 0 bridgehead atoms. The Bertz CT molecular complexity index is 1520. The maximum Gasteiger partial charge on any atom is 0.266 e. The van der Waals surface area contributed by atoms with Crippen LogP contribution in [0.5, 0.6) is 5.75 Å². The first kappa shape index (κ1) is 28.1. The van der Waals surface area contributed by atoms with E-state index < -0.39 is 0 Å². The molecule has 9 heteroatoms. The zero-order chi connectivity index (χ0) is 27.9. The van der Waals surface area contributed by atoms with E-state index in [1.165, 1.54) is 11.8 Å². The zero-order valence-electron chi connectivity index (χ0n) is 22.0. The lowest BCUT2D eigenvalue weighted by molar-refractivity contribution is -0.122. The van der Waals surface area contributed by atoms with Crippen molar-refractivity contribution in [3.05, 3.63) is 106 Å². The van der Waals surface area contributed by atoms with Gasteiger partial charge in [0, 0.05) is 47.7 Å². The number of ether oxygens (including phenoxy) is 2. The molecule has 0 aliphatic carbocycles. The van der Waals surface area contributed by atoms with Gasteiger partial charge in [-0.1, -0.05) is 72.0 Å². The number of thiocarbonyl (C=S) groups is 1. The lowest BCUT2D eigenvalue weighted by Gasteiger charge is -2.13. The third-order valence-electron chi connectivity index (χ3n) is 6.28. The summed E-state index contributed by atoms with van der Waals surface area (Å²) < 4.78 is 13.8. The molecule has 2 heterocycles. The van der Waals surface area contributed by atoms with Gasteiger partial charge in [0.1, 0.15) is 16.7 Å². The van der Waals surface area contributed by atoms with Crippen LogP contribution in [-0.4, -0.2) is 44.7 Å². The summed E-state index contributed by atoms with van der Waals surface area (Å²) in [6.45, 7) is 4.11. The molecule has 1 fully saturated rings. The second kappa shape index (κ2) is 13.3. The fourth-order valence-electron chi connectivity index (χ4n) is 4.22. The highest BCUT2D eigenvalue weighted by atomic mass is 35.5. The van der Waals surface area contributed by atoms with Crippen molar-refractivity contribution in [1.29, 1.82) is 0 Å². The molecule has 0 unspecified atom stereocenters. The monoisotopic (exact) mass is 589 g/mol. The molecule has 0 N–H and O–H groups in total. The first-order valence-electron chi connectivity index (χ1n) is 13.0. The SMILES string of the molecule is CCOCCCN1C(=O)C(=Cc2cn(-c3ccccc3)nc2-c2ccc(OCc3ccccc3Cl)cc2)SC1=S. The standard InChI is InChI=1S/C31H28ClN3O3S2/c1-2-37-18-8-17-34-30(36)28(40-31(34)39)19-24-20-35(25-10-4-3-5-11-25)33-29(24)22-13-15-26(16-14-22)38-21-23-9-6-7-12-27(23)32/h3-7,9-16,19-20H,2,8,17-18,21H2,1H3. The predicted molar refractivity (Wildman–Crippen MR) is 166 cm³/mol. The summed E-state index contributed by atoms with van der Waals surface area (Å²) in [6.07, 6.45) is 4.55. The highest BCUT2D eigenvalue weighted by molar-refractivity contribution is 8.26. The summed E-state index contributed by atoms with van der Waals surface area (Å²) in [7, 11) is 0. The molecule has 40 heavy (non-hydrogen) atoms. The van der Waals surface area contributed by atoms with Crippen LogP contribution in [-0.2, 0) is 16.1 Å². The average Bonchev–Trinajstić information content (AvgIpc) is 3.51. The highest BCUT2D eigenvalue weighted by Gasteiger charge is 2.32. The Kier molecular flexibility index (Phi) is 9.34. The average molecular weight is 590 g/mol. The Morgan fingerprint density at radius 3 is 2.52 bits per heavy atom. The van der Waals surface area contributed by atoms with Gasteiger partial charge in [0.2, 0.25) is 0 Å². The van der Waals surface area contributed by atoms with Crippen molar-refractivity contribution in [2.45, 2.75) is 20.0 Å². The molecule has 1 aliphatic heterocycles. The second-order valence-electron chi connectivity index (χ2n) is 9.00. The Hall–Kier alpha value is -3.43. The Morgan fingerprint density at radius 2 is 1.77 bits per heavy atom. The van der Waals surface area contributed by atoms with Crippen LogP contribution in [0.15, 0.2) is 90.0 Å². The Balaban J connectivity index is 1.40. The summed E-state index contributed by atoms with van der Waals surface area (Å²) in [5.74, 6) is 0.633. The molecule has 1 saturated heterocycles. The second-order valence-corrected chi connectivity index (χ2v) is 11.1. The molecule has 0 spiro atoms. The van der Waals surface area contributed by atoms with Crippen LogP contribution in [0, 0.1) is 0 Å². The lowest BCUT2D eigenvalue weighted by atomic mass is 10.1. The van der Waals surface area contributed by atoms with Crippen LogP contribution in [0.1, 0.15) is 24.5 Å². The van der Waals surface area contributed by atoms with Gasteiger partial charge >= 0.3 is 0 Å². The molecule has 4 aromatic rings. The van der Waals surface area contributed by atoms with E-state index in [2.05, 4.69) is 0 Å². The van der Waals surface area contributed by atoms with E-state index in [4.69, 9.17) is 38.4 Å². The van der Waals surface area contributed by atoms with Crippen LogP contribution < -0.4 is 4.74 Å². The van der Waals surface area contributed by atoms with Crippen LogP contribution >= 0.6 is 35.6 Å². The van der Waals surface area contributed by atoms with E-state index in [1.807, 2.05) is 103 Å².